The summed E-state index contributed by atoms with van der Waals surface area (Å²) in [5.74, 6) is 0.636. The number of carbonyl (C=O) groups excluding carboxylic acids is 1. The molecule has 0 radical (unpaired) electrons. The maximum absolute atomic E-state index is 11.6. The number of phenols is 1. The summed E-state index contributed by atoms with van der Waals surface area (Å²) in [5, 5.41) is 12.3. The molecule has 1 aliphatic carbocycles. The number of carbonyl (C=O) groups is 1. The van der Waals surface area contributed by atoms with Gasteiger partial charge in [-0.25, -0.2) is 0 Å². The van der Waals surface area contributed by atoms with E-state index in [2.05, 4.69) is 21.2 Å². The van der Waals surface area contributed by atoms with Crippen LogP contribution in [0.4, 0.5) is 0 Å². The Morgan fingerprint density at radius 1 is 1.53 bits per heavy atom. The molecule has 1 aromatic rings. The molecule has 15 heavy (non-hydrogen) atoms. The van der Waals surface area contributed by atoms with Crippen molar-refractivity contribution in [2.75, 3.05) is 6.54 Å². The van der Waals surface area contributed by atoms with E-state index >= 15 is 0 Å². The quantitative estimate of drug-likeness (QED) is 0.885. The lowest BCUT2D eigenvalue weighted by atomic mass is 10.2. The minimum atomic E-state index is -0.121. The highest BCUT2D eigenvalue weighted by molar-refractivity contribution is 9.10. The van der Waals surface area contributed by atoms with Gasteiger partial charge in [-0.2, -0.15) is 0 Å². The van der Waals surface area contributed by atoms with Crippen LogP contribution in [0.5, 0.6) is 5.75 Å². The maximum atomic E-state index is 11.6. The molecule has 1 saturated carbocycles. The van der Waals surface area contributed by atoms with E-state index in [0.29, 0.717) is 16.0 Å². The maximum Gasteiger partial charge on any atom is 0.251 e. The molecule has 0 spiro atoms. The highest BCUT2D eigenvalue weighted by Crippen LogP contribution is 2.28. The van der Waals surface area contributed by atoms with Gasteiger partial charge in [0.25, 0.3) is 5.91 Å². The number of hydrogen-bond donors (Lipinski definition) is 2. The summed E-state index contributed by atoms with van der Waals surface area (Å²) in [7, 11) is 0. The van der Waals surface area contributed by atoms with Crippen LogP contribution < -0.4 is 5.32 Å². The molecular weight excluding hydrogens is 258 g/mol. The van der Waals surface area contributed by atoms with E-state index in [1.54, 1.807) is 12.1 Å². The van der Waals surface area contributed by atoms with Gasteiger partial charge in [0.1, 0.15) is 5.75 Å². The Hall–Kier alpha value is -1.03. The van der Waals surface area contributed by atoms with E-state index in [-0.39, 0.29) is 11.7 Å². The fourth-order valence-corrected chi connectivity index (χ4v) is 1.56. The smallest absolute Gasteiger partial charge is 0.251 e. The SMILES string of the molecule is O=C(NCC1CC1)c1ccc(Br)c(O)c1. The fraction of sp³-hybridized carbons (Fsp3) is 0.364. The van der Waals surface area contributed by atoms with Gasteiger partial charge < -0.3 is 10.4 Å². The zero-order valence-corrected chi connectivity index (χ0v) is 9.75. The molecule has 4 heteroatoms. The molecule has 1 aromatic carbocycles. The van der Waals surface area contributed by atoms with Crippen molar-refractivity contribution >= 4 is 21.8 Å². The Balaban J connectivity index is 2.00. The number of amides is 1. The highest BCUT2D eigenvalue weighted by Gasteiger charge is 2.21. The van der Waals surface area contributed by atoms with Crippen molar-refractivity contribution in [3.05, 3.63) is 28.2 Å². The van der Waals surface area contributed by atoms with E-state index in [4.69, 9.17) is 0 Å². The van der Waals surface area contributed by atoms with Crippen molar-refractivity contribution in [2.24, 2.45) is 5.92 Å². The van der Waals surface area contributed by atoms with E-state index < -0.39 is 0 Å². The molecule has 1 aliphatic rings. The standard InChI is InChI=1S/C11H12BrNO2/c12-9-4-3-8(5-10(9)14)11(15)13-6-7-1-2-7/h3-5,7,14H,1-2,6H2,(H,13,15). The third-order valence-electron chi connectivity index (χ3n) is 2.46. The molecule has 2 N–H and O–H groups in total. The average Bonchev–Trinajstić information content (AvgIpc) is 3.02. The summed E-state index contributed by atoms with van der Waals surface area (Å²) in [6.07, 6.45) is 2.43. The minimum Gasteiger partial charge on any atom is -0.507 e. The van der Waals surface area contributed by atoms with E-state index in [1.165, 1.54) is 18.9 Å². The number of benzene rings is 1. The average molecular weight is 270 g/mol. The summed E-state index contributed by atoms with van der Waals surface area (Å²) in [6, 6.07) is 4.82. The van der Waals surface area contributed by atoms with Gasteiger partial charge in [-0.3, -0.25) is 4.79 Å². The van der Waals surface area contributed by atoms with Crippen LogP contribution in [0.2, 0.25) is 0 Å². The molecule has 2 rings (SSSR count). The molecule has 0 heterocycles. The number of nitrogens with one attached hydrogen (secondary N) is 1. The molecule has 3 nitrogen and oxygen atoms in total. The van der Waals surface area contributed by atoms with Crippen molar-refractivity contribution in [1.29, 1.82) is 0 Å². The fourth-order valence-electron chi connectivity index (χ4n) is 1.31. The third kappa shape index (κ3) is 2.72. The number of hydrogen-bond acceptors (Lipinski definition) is 2. The van der Waals surface area contributed by atoms with Crippen LogP contribution in [-0.4, -0.2) is 17.6 Å². The van der Waals surface area contributed by atoms with Crippen LogP contribution in [0, 0.1) is 5.92 Å². The predicted octanol–water partition coefficient (Wildman–Crippen LogP) is 2.29. The predicted molar refractivity (Wildman–Crippen MR) is 60.9 cm³/mol. The van der Waals surface area contributed by atoms with Gasteiger partial charge >= 0.3 is 0 Å². The van der Waals surface area contributed by atoms with Gasteiger partial charge in [-0.15, -0.1) is 0 Å². The Morgan fingerprint density at radius 2 is 2.27 bits per heavy atom. The van der Waals surface area contributed by atoms with Crippen molar-refractivity contribution in [3.63, 3.8) is 0 Å². The lowest BCUT2D eigenvalue weighted by Gasteiger charge is -2.05. The summed E-state index contributed by atoms with van der Waals surface area (Å²) >= 11 is 3.17. The molecule has 0 unspecified atom stereocenters. The van der Waals surface area contributed by atoms with Crippen LogP contribution in [0.15, 0.2) is 22.7 Å². The summed E-state index contributed by atoms with van der Waals surface area (Å²) in [6.45, 7) is 0.746. The third-order valence-corrected chi connectivity index (χ3v) is 3.13. The van der Waals surface area contributed by atoms with Gasteiger partial charge in [-0.1, -0.05) is 0 Å². The first-order chi connectivity index (χ1) is 7.16. The summed E-state index contributed by atoms with van der Waals surface area (Å²) in [5.41, 5.74) is 0.497. The lowest BCUT2D eigenvalue weighted by Crippen LogP contribution is -2.25. The zero-order valence-electron chi connectivity index (χ0n) is 8.16. The topological polar surface area (TPSA) is 49.3 Å². The Kier molecular flexibility index (Phi) is 2.95. The Labute approximate surface area is 96.6 Å². The van der Waals surface area contributed by atoms with E-state index in [0.717, 1.165) is 6.54 Å². The van der Waals surface area contributed by atoms with Gasteiger partial charge in [0.05, 0.1) is 4.47 Å². The van der Waals surface area contributed by atoms with Gasteiger partial charge in [0.2, 0.25) is 0 Å². The molecule has 1 fully saturated rings. The molecule has 0 atom stereocenters. The largest absolute Gasteiger partial charge is 0.507 e. The van der Waals surface area contributed by atoms with E-state index in [9.17, 15) is 9.90 Å². The highest BCUT2D eigenvalue weighted by atomic mass is 79.9. The molecule has 0 aromatic heterocycles. The van der Waals surface area contributed by atoms with E-state index in [1.807, 2.05) is 0 Å². The molecule has 0 bridgehead atoms. The first-order valence-electron chi connectivity index (χ1n) is 4.93. The molecule has 1 amide bonds. The molecular formula is C11H12BrNO2. The second kappa shape index (κ2) is 4.23. The minimum absolute atomic E-state index is 0.0917. The van der Waals surface area contributed by atoms with Gasteiger partial charge in [-0.05, 0) is 52.9 Å². The van der Waals surface area contributed by atoms with Crippen LogP contribution in [0.1, 0.15) is 23.2 Å². The van der Waals surface area contributed by atoms with Crippen molar-refractivity contribution in [2.45, 2.75) is 12.8 Å². The van der Waals surface area contributed by atoms with Crippen LogP contribution in [0.25, 0.3) is 0 Å². The number of phenolic OH excluding ortho intramolecular Hbond substituents is 1. The van der Waals surface area contributed by atoms with Gasteiger partial charge in [0, 0.05) is 12.1 Å². The first-order valence-corrected chi connectivity index (χ1v) is 5.73. The van der Waals surface area contributed by atoms with Crippen LogP contribution in [-0.2, 0) is 0 Å². The van der Waals surface area contributed by atoms with Crippen molar-refractivity contribution in [3.8, 4) is 5.75 Å². The molecule has 0 aliphatic heterocycles. The molecule has 80 valence electrons. The summed E-state index contributed by atoms with van der Waals surface area (Å²) in [4.78, 5) is 11.6. The van der Waals surface area contributed by atoms with Crippen LogP contribution >= 0.6 is 15.9 Å². The second-order valence-electron chi connectivity index (χ2n) is 3.82. The zero-order chi connectivity index (χ0) is 10.8. The van der Waals surface area contributed by atoms with Crippen LogP contribution in [0.3, 0.4) is 0 Å². The lowest BCUT2D eigenvalue weighted by molar-refractivity contribution is 0.0951. The first kappa shape index (κ1) is 10.5. The Morgan fingerprint density at radius 3 is 2.87 bits per heavy atom. The number of aromatic hydroxyl groups is 1. The normalized spacial score (nSPS) is 15.0. The van der Waals surface area contributed by atoms with Crippen molar-refractivity contribution in [1.82, 2.24) is 5.32 Å². The number of halogens is 1. The monoisotopic (exact) mass is 269 g/mol. The van der Waals surface area contributed by atoms with Crippen molar-refractivity contribution < 1.29 is 9.90 Å². The second-order valence-corrected chi connectivity index (χ2v) is 4.67. The van der Waals surface area contributed by atoms with Gasteiger partial charge in [0.15, 0.2) is 0 Å². The Bertz CT molecular complexity index is 388. The molecule has 0 saturated heterocycles. The summed E-state index contributed by atoms with van der Waals surface area (Å²) < 4.78 is 0.598. The number of rotatable bonds is 3.